The second kappa shape index (κ2) is 5.69. The average Bonchev–Trinajstić information content (AvgIpc) is 2.72. The first-order valence-corrected chi connectivity index (χ1v) is 6.51. The minimum atomic E-state index is -0.765. The standard InChI is InChI=1S/C12H19BrN2O2/c1-4-12(14,5-2)11(16)15(3)8-9-6-7-10(13)17-9/h6-7H,4-5,8,14H2,1-3H3. The van der Waals surface area contributed by atoms with Crippen molar-refractivity contribution in [1.29, 1.82) is 0 Å². The molecule has 1 rings (SSSR count). The number of likely N-dealkylation sites (N-methyl/N-ethyl adjacent to an activating group) is 1. The second-order valence-electron chi connectivity index (χ2n) is 4.23. The Hall–Kier alpha value is -0.810. The molecule has 1 aromatic rings. The fraction of sp³-hybridized carbons (Fsp3) is 0.583. The Labute approximate surface area is 110 Å². The van der Waals surface area contributed by atoms with Gasteiger partial charge in [0, 0.05) is 7.05 Å². The molecule has 1 amide bonds. The number of carbonyl (C=O) groups is 1. The predicted molar refractivity (Wildman–Crippen MR) is 70.4 cm³/mol. The van der Waals surface area contributed by atoms with E-state index >= 15 is 0 Å². The number of halogens is 1. The molecule has 0 aromatic carbocycles. The minimum Gasteiger partial charge on any atom is -0.452 e. The maximum absolute atomic E-state index is 12.2. The van der Waals surface area contributed by atoms with Gasteiger partial charge in [-0.3, -0.25) is 4.79 Å². The van der Waals surface area contributed by atoms with Crippen molar-refractivity contribution >= 4 is 21.8 Å². The topological polar surface area (TPSA) is 59.5 Å². The van der Waals surface area contributed by atoms with Crippen LogP contribution in [0.15, 0.2) is 21.2 Å². The summed E-state index contributed by atoms with van der Waals surface area (Å²) in [4.78, 5) is 13.8. The molecule has 0 aliphatic carbocycles. The quantitative estimate of drug-likeness (QED) is 0.909. The van der Waals surface area contributed by atoms with Crippen molar-refractivity contribution in [2.75, 3.05) is 7.05 Å². The van der Waals surface area contributed by atoms with Crippen LogP contribution >= 0.6 is 15.9 Å². The first-order chi connectivity index (χ1) is 7.92. The number of rotatable bonds is 5. The number of nitrogens with two attached hydrogens (primary N) is 1. The van der Waals surface area contributed by atoms with Crippen molar-refractivity contribution in [3.8, 4) is 0 Å². The van der Waals surface area contributed by atoms with E-state index in [1.165, 1.54) is 0 Å². The Morgan fingerprint density at radius 2 is 2.06 bits per heavy atom. The van der Waals surface area contributed by atoms with Gasteiger partial charge in [0.2, 0.25) is 5.91 Å². The number of carbonyl (C=O) groups excluding carboxylic acids is 1. The fourth-order valence-electron chi connectivity index (χ4n) is 1.67. The van der Waals surface area contributed by atoms with E-state index in [0.29, 0.717) is 24.1 Å². The summed E-state index contributed by atoms with van der Waals surface area (Å²) in [6.07, 6.45) is 1.27. The molecule has 0 aliphatic rings. The van der Waals surface area contributed by atoms with Gasteiger partial charge in [-0.15, -0.1) is 0 Å². The van der Waals surface area contributed by atoms with Crippen LogP contribution < -0.4 is 5.73 Å². The normalized spacial score (nSPS) is 11.6. The first-order valence-electron chi connectivity index (χ1n) is 5.71. The van der Waals surface area contributed by atoms with Gasteiger partial charge in [0.05, 0.1) is 12.1 Å². The van der Waals surface area contributed by atoms with E-state index in [2.05, 4.69) is 15.9 Å². The summed E-state index contributed by atoms with van der Waals surface area (Å²) in [5, 5.41) is 0. The van der Waals surface area contributed by atoms with Crippen molar-refractivity contribution in [1.82, 2.24) is 4.90 Å². The molecule has 0 fully saturated rings. The molecule has 17 heavy (non-hydrogen) atoms. The Kier molecular flexibility index (Phi) is 4.77. The molecule has 4 nitrogen and oxygen atoms in total. The lowest BCUT2D eigenvalue weighted by atomic mass is 9.92. The van der Waals surface area contributed by atoms with Gasteiger partial charge in [-0.1, -0.05) is 13.8 Å². The van der Waals surface area contributed by atoms with Crippen molar-refractivity contribution in [3.05, 3.63) is 22.6 Å². The van der Waals surface area contributed by atoms with Gasteiger partial charge in [0.25, 0.3) is 0 Å². The molecular weight excluding hydrogens is 284 g/mol. The molecule has 1 aromatic heterocycles. The Bertz CT molecular complexity index is 386. The van der Waals surface area contributed by atoms with Crippen LogP contribution in [-0.2, 0) is 11.3 Å². The highest BCUT2D eigenvalue weighted by atomic mass is 79.9. The lowest BCUT2D eigenvalue weighted by Crippen LogP contribution is -2.53. The molecule has 0 saturated heterocycles. The zero-order valence-electron chi connectivity index (χ0n) is 10.5. The van der Waals surface area contributed by atoms with E-state index in [4.69, 9.17) is 10.2 Å². The molecule has 0 saturated carbocycles. The molecule has 0 spiro atoms. The van der Waals surface area contributed by atoms with E-state index in [0.717, 1.165) is 5.76 Å². The average molecular weight is 303 g/mol. The number of furan rings is 1. The van der Waals surface area contributed by atoms with Gasteiger partial charge in [-0.05, 0) is 40.9 Å². The highest BCUT2D eigenvalue weighted by Gasteiger charge is 2.32. The van der Waals surface area contributed by atoms with Gasteiger partial charge in [-0.25, -0.2) is 0 Å². The summed E-state index contributed by atoms with van der Waals surface area (Å²) in [7, 11) is 1.74. The van der Waals surface area contributed by atoms with Crippen molar-refractivity contribution in [3.63, 3.8) is 0 Å². The van der Waals surface area contributed by atoms with E-state index < -0.39 is 5.54 Å². The lowest BCUT2D eigenvalue weighted by molar-refractivity contribution is -0.136. The summed E-state index contributed by atoms with van der Waals surface area (Å²) >= 11 is 3.23. The van der Waals surface area contributed by atoms with Crippen LogP contribution in [0, 0.1) is 0 Å². The van der Waals surface area contributed by atoms with Gasteiger partial charge in [0.1, 0.15) is 5.76 Å². The maximum atomic E-state index is 12.2. The third-order valence-corrected chi connectivity index (χ3v) is 3.48. The lowest BCUT2D eigenvalue weighted by Gasteiger charge is -2.30. The van der Waals surface area contributed by atoms with Crippen LogP contribution in [0.4, 0.5) is 0 Å². The monoisotopic (exact) mass is 302 g/mol. The molecular formula is C12H19BrN2O2. The summed E-state index contributed by atoms with van der Waals surface area (Å²) in [6.45, 7) is 4.29. The number of amides is 1. The van der Waals surface area contributed by atoms with Crippen LogP contribution in [0.1, 0.15) is 32.4 Å². The van der Waals surface area contributed by atoms with Crippen LogP contribution in [0.2, 0.25) is 0 Å². The zero-order chi connectivity index (χ0) is 13.1. The van der Waals surface area contributed by atoms with E-state index in [-0.39, 0.29) is 5.91 Å². The number of hydrogen-bond acceptors (Lipinski definition) is 3. The van der Waals surface area contributed by atoms with Crippen molar-refractivity contribution in [2.45, 2.75) is 38.8 Å². The molecule has 0 atom stereocenters. The zero-order valence-corrected chi connectivity index (χ0v) is 12.1. The van der Waals surface area contributed by atoms with Gasteiger partial charge < -0.3 is 15.1 Å². The summed E-state index contributed by atoms with van der Waals surface area (Å²) in [6, 6.07) is 3.65. The smallest absolute Gasteiger partial charge is 0.242 e. The van der Waals surface area contributed by atoms with Gasteiger partial charge >= 0.3 is 0 Å². The van der Waals surface area contributed by atoms with E-state index in [9.17, 15) is 4.79 Å². The van der Waals surface area contributed by atoms with Crippen molar-refractivity contribution < 1.29 is 9.21 Å². The SMILES string of the molecule is CCC(N)(CC)C(=O)N(C)Cc1ccc(Br)o1. The highest BCUT2D eigenvalue weighted by Crippen LogP contribution is 2.18. The van der Waals surface area contributed by atoms with Crippen molar-refractivity contribution in [2.24, 2.45) is 5.73 Å². The molecule has 1 heterocycles. The first kappa shape index (κ1) is 14.3. The maximum Gasteiger partial charge on any atom is 0.242 e. The predicted octanol–water partition coefficient (Wildman–Crippen LogP) is 2.52. The molecule has 96 valence electrons. The van der Waals surface area contributed by atoms with Crippen LogP contribution in [0.5, 0.6) is 0 Å². The Morgan fingerprint density at radius 1 is 1.47 bits per heavy atom. The summed E-state index contributed by atoms with van der Waals surface area (Å²) in [5.41, 5.74) is 5.30. The number of hydrogen-bond donors (Lipinski definition) is 1. The Morgan fingerprint density at radius 3 is 2.47 bits per heavy atom. The van der Waals surface area contributed by atoms with E-state index in [1.807, 2.05) is 26.0 Å². The third kappa shape index (κ3) is 3.33. The molecule has 0 aliphatic heterocycles. The summed E-state index contributed by atoms with van der Waals surface area (Å²) in [5.74, 6) is 0.692. The van der Waals surface area contributed by atoms with Gasteiger partial charge in [0.15, 0.2) is 4.67 Å². The van der Waals surface area contributed by atoms with Crippen LogP contribution in [0.25, 0.3) is 0 Å². The Balaban J connectivity index is 2.70. The number of nitrogens with zero attached hydrogens (tertiary/aromatic N) is 1. The molecule has 0 unspecified atom stereocenters. The molecule has 5 heteroatoms. The minimum absolute atomic E-state index is 0.0463. The largest absolute Gasteiger partial charge is 0.452 e. The van der Waals surface area contributed by atoms with Crippen LogP contribution in [-0.4, -0.2) is 23.4 Å². The molecule has 0 bridgehead atoms. The van der Waals surface area contributed by atoms with Gasteiger partial charge in [-0.2, -0.15) is 0 Å². The fourth-order valence-corrected chi connectivity index (χ4v) is 2.01. The summed E-state index contributed by atoms with van der Waals surface area (Å²) < 4.78 is 6.03. The molecule has 2 N–H and O–H groups in total. The van der Waals surface area contributed by atoms with Crippen LogP contribution in [0.3, 0.4) is 0 Å². The second-order valence-corrected chi connectivity index (χ2v) is 5.01. The van der Waals surface area contributed by atoms with E-state index in [1.54, 1.807) is 11.9 Å². The highest BCUT2D eigenvalue weighted by molar-refractivity contribution is 9.10. The molecule has 0 radical (unpaired) electrons. The third-order valence-electron chi connectivity index (χ3n) is 3.06.